The predicted molar refractivity (Wildman–Crippen MR) is 85.2 cm³/mol. The molecule has 2 rings (SSSR count). The summed E-state index contributed by atoms with van der Waals surface area (Å²) in [7, 11) is 0. The molecule has 0 bridgehead atoms. The highest BCUT2D eigenvalue weighted by molar-refractivity contribution is 5.91. The van der Waals surface area contributed by atoms with E-state index in [9.17, 15) is 9.90 Å². The Morgan fingerprint density at radius 2 is 1.91 bits per heavy atom. The van der Waals surface area contributed by atoms with Crippen LogP contribution in [0.25, 0.3) is 0 Å². The number of phenols is 1. The summed E-state index contributed by atoms with van der Waals surface area (Å²) >= 11 is 0. The molecule has 1 heterocycles. The number of aromatic nitrogens is 1. The Bertz CT molecular complexity index is 646. The Hall–Kier alpha value is -2.56. The number of hydrogen-bond donors (Lipinski definition) is 2. The van der Waals surface area contributed by atoms with E-state index in [-0.39, 0.29) is 23.7 Å². The van der Waals surface area contributed by atoms with E-state index in [1.807, 2.05) is 0 Å². The van der Waals surface area contributed by atoms with Crippen LogP contribution in [0.15, 0.2) is 42.7 Å². The molecule has 0 spiro atoms. The number of rotatable bonds is 4. The van der Waals surface area contributed by atoms with Crippen molar-refractivity contribution >= 4 is 11.6 Å². The first-order chi connectivity index (χ1) is 10.4. The van der Waals surface area contributed by atoms with E-state index in [1.54, 1.807) is 30.6 Å². The van der Waals surface area contributed by atoms with Crippen LogP contribution in [-0.4, -0.2) is 22.6 Å². The number of hydrogen-bond acceptors (Lipinski definition) is 4. The molecule has 0 aliphatic heterocycles. The van der Waals surface area contributed by atoms with Crippen LogP contribution >= 0.6 is 0 Å². The van der Waals surface area contributed by atoms with Crippen molar-refractivity contribution in [1.29, 1.82) is 0 Å². The first-order valence-electron chi connectivity index (χ1n) is 7.02. The highest BCUT2D eigenvalue weighted by Gasteiger charge is 2.19. The van der Waals surface area contributed by atoms with Crippen LogP contribution in [0.4, 0.5) is 5.69 Å². The molecule has 22 heavy (non-hydrogen) atoms. The summed E-state index contributed by atoms with van der Waals surface area (Å²) in [5, 5.41) is 11.9. The Morgan fingerprint density at radius 3 is 2.55 bits per heavy atom. The van der Waals surface area contributed by atoms with Gasteiger partial charge in [0.1, 0.15) is 11.5 Å². The number of aromatic hydroxyl groups is 1. The average molecular weight is 300 g/mol. The third kappa shape index (κ3) is 4.22. The van der Waals surface area contributed by atoms with Gasteiger partial charge in [0.15, 0.2) is 6.61 Å². The molecule has 0 atom stereocenters. The normalized spacial score (nSPS) is 11.0. The monoisotopic (exact) mass is 300 g/mol. The molecule has 2 aromatic rings. The minimum absolute atomic E-state index is 0.0893. The van der Waals surface area contributed by atoms with E-state index in [2.05, 4.69) is 31.1 Å². The summed E-state index contributed by atoms with van der Waals surface area (Å²) in [6.07, 6.45) is 3.40. The molecule has 0 saturated heterocycles. The largest absolute Gasteiger partial charge is 0.508 e. The Balaban J connectivity index is 1.98. The van der Waals surface area contributed by atoms with E-state index >= 15 is 0 Å². The summed E-state index contributed by atoms with van der Waals surface area (Å²) in [6.45, 7) is 6.10. The fourth-order valence-corrected chi connectivity index (χ4v) is 1.96. The second-order valence-electron chi connectivity index (χ2n) is 6.01. The third-order valence-electron chi connectivity index (χ3n) is 3.10. The number of anilines is 1. The third-order valence-corrected chi connectivity index (χ3v) is 3.10. The Morgan fingerprint density at radius 1 is 1.23 bits per heavy atom. The number of phenolic OH excluding ortho intramolecular Hbond substituents is 1. The summed E-state index contributed by atoms with van der Waals surface area (Å²) in [6, 6.07) is 8.03. The summed E-state index contributed by atoms with van der Waals surface area (Å²) in [4.78, 5) is 16.0. The number of benzene rings is 1. The molecular weight excluding hydrogens is 280 g/mol. The lowest BCUT2D eigenvalue weighted by Gasteiger charge is -2.21. The maximum Gasteiger partial charge on any atom is 0.262 e. The topological polar surface area (TPSA) is 71.5 Å². The SMILES string of the molecule is CC(C)(C)c1cnccc1OCC(=O)Nc1ccc(O)cc1. The van der Waals surface area contributed by atoms with Crippen LogP contribution in [0.5, 0.6) is 11.5 Å². The number of nitrogens with one attached hydrogen (secondary N) is 1. The van der Waals surface area contributed by atoms with Crippen molar-refractivity contribution in [1.82, 2.24) is 4.98 Å². The van der Waals surface area contributed by atoms with E-state index in [0.717, 1.165) is 5.56 Å². The van der Waals surface area contributed by atoms with E-state index in [4.69, 9.17) is 4.74 Å². The lowest BCUT2D eigenvalue weighted by molar-refractivity contribution is -0.118. The summed E-state index contributed by atoms with van der Waals surface area (Å²) < 4.78 is 5.62. The molecule has 116 valence electrons. The van der Waals surface area contributed by atoms with Gasteiger partial charge in [-0.1, -0.05) is 20.8 Å². The van der Waals surface area contributed by atoms with Crippen molar-refractivity contribution in [2.75, 3.05) is 11.9 Å². The number of amides is 1. The molecule has 1 aromatic heterocycles. The zero-order valence-corrected chi connectivity index (χ0v) is 13.0. The minimum atomic E-state index is -0.262. The molecule has 0 radical (unpaired) electrons. The second-order valence-corrected chi connectivity index (χ2v) is 6.01. The molecule has 2 N–H and O–H groups in total. The van der Waals surface area contributed by atoms with Gasteiger partial charge in [0.05, 0.1) is 0 Å². The summed E-state index contributed by atoms with van der Waals surface area (Å²) in [5.74, 6) is 0.548. The van der Waals surface area contributed by atoms with Crippen molar-refractivity contribution in [2.45, 2.75) is 26.2 Å². The number of carbonyl (C=O) groups is 1. The van der Waals surface area contributed by atoms with Crippen molar-refractivity contribution in [3.05, 3.63) is 48.3 Å². The van der Waals surface area contributed by atoms with Gasteiger partial charge >= 0.3 is 0 Å². The Kier molecular flexibility index (Phi) is 4.65. The van der Waals surface area contributed by atoms with Gasteiger partial charge in [0.2, 0.25) is 0 Å². The molecular formula is C17H20N2O3. The highest BCUT2D eigenvalue weighted by atomic mass is 16.5. The molecule has 1 amide bonds. The highest BCUT2D eigenvalue weighted by Crippen LogP contribution is 2.30. The second kappa shape index (κ2) is 6.47. The first-order valence-corrected chi connectivity index (χ1v) is 7.02. The van der Waals surface area contributed by atoms with Gasteiger partial charge in [-0.2, -0.15) is 0 Å². The van der Waals surface area contributed by atoms with Crippen molar-refractivity contribution in [3.8, 4) is 11.5 Å². The Labute approximate surface area is 130 Å². The zero-order chi connectivity index (χ0) is 16.2. The van der Waals surface area contributed by atoms with E-state index in [1.165, 1.54) is 12.1 Å². The zero-order valence-electron chi connectivity index (χ0n) is 13.0. The van der Waals surface area contributed by atoms with Gasteiger partial charge in [-0.25, -0.2) is 0 Å². The maximum absolute atomic E-state index is 11.9. The van der Waals surface area contributed by atoms with Crippen molar-refractivity contribution < 1.29 is 14.6 Å². The lowest BCUT2D eigenvalue weighted by atomic mass is 9.88. The van der Waals surface area contributed by atoms with Gasteiger partial charge < -0.3 is 15.2 Å². The fourth-order valence-electron chi connectivity index (χ4n) is 1.96. The number of carbonyl (C=O) groups excluding carboxylic acids is 1. The molecule has 5 nitrogen and oxygen atoms in total. The quantitative estimate of drug-likeness (QED) is 0.851. The molecule has 0 aliphatic carbocycles. The molecule has 0 saturated carbocycles. The minimum Gasteiger partial charge on any atom is -0.508 e. The number of ether oxygens (including phenoxy) is 1. The molecule has 0 aliphatic rings. The van der Waals surface area contributed by atoms with E-state index < -0.39 is 0 Å². The molecule has 0 unspecified atom stereocenters. The van der Waals surface area contributed by atoms with Gasteiger partial charge in [0.25, 0.3) is 5.91 Å². The lowest BCUT2D eigenvalue weighted by Crippen LogP contribution is -2.22. The van der Waals surface area contributed by atoms with Crippen LogP contribution in [0.3, 0.4) is 0 Å². The number of nitrogens with zero attached hydrogens (tertiary/aromatic N) is 1. The van der Waals surface area contributed by atoms with Crippen molar-refractivity contribution in [2.24, 2.45) is 0 Å². The van der Waals surface area contributed by atoms with Gasteiger partial charge in [-0.15, -0.1) is 0 Å². The first kappa shape index (κ1) is 15.8. The van der Waals surface area contributed by atoms with Crippen LogP contribution in [0.1, 0.15) is 26.3 Å². The molecule has 0 fully saturated rings. The van der Waals surface area contributed by atoms with Gasteiger partial charge in [-0.05, 0) is 35.7 Å². The van der Waals surface area contributed by atoms with Gasteiger partial charge in [0, 0.05) is 23.6 Å². The predicted octanol–water partition coefficient (Wildman–Crippen LogP) is 3.10. The van der Waals surface area contributed by atoms with Crippen LogP contribution in [-0.2, 0) is 10.2 Å². The van der Waals surface area contributed by atoms with Crippen LogP contribution in [0.2, 0.25) is 0 Å². The van der Waals surface area contributed by atoms with Crippen LogP contribution in [0, 0.1) is 0 Å². The maximum atomic E-state index is 11.9. The van der Waals surface area contributed by atoms with Gasteiger partial charge in [-0.3, -0.25) is 9.78 Å². The molecule has 1 aromatic carbocycles. The number of pyridine rings is 1. The standard InChI is InChI=1S/C17H20N2O3/c1-17(2,3)14-10-18-9-8-15(14)22-11-16(21)19-12-4-6-13(20)7-5-12/h4-10,20H,11H2,1-3H3,(H,19,21). The summed E-state index contributed by atoms with van der Waals surface area (Å²) in [5.41, 5.74) is 1.45. The van der Waals surface area contributed by atoms with Crippen LogP contribution < -0.4 is 10.1 Å². The van der Waals surface area contributed by atoms with Crippen molar-refractivity contribution in [3.63, 3.8) is 0 Å². The average Bonchev–Trinajstić information content (AvgIpc) is 2.47. The van der Waals surface area contributed by atoms with E-state index in [0.29, 0.717) is 11.4 Å². The smallest absolute Gasteiger partial charge is 0.262 e. The fraction of sp³-hybridized carbons (Fsp3) is 0.294. The molecule has 5 heteroatoms.